The van der Waals surface area contributed by atoms with E-state index in [-0.39, 0.29) is 22.1 Å². The fraction of sp³-hybridized carbons (Fsp3) is 0.231. The molecule has 2 aromatic rings. The van der Waals surface area contributed by atoms with E-state index in [1.165, 1.54) is 10.7 Å². The first-order chi connectivity index (χ1) is 9.60. The van der Waals surface area contributed by atoms with Crippen LogP contribution in [0.3, 0.4) is 0 Å². The number of aldehydes is 1. The predicted octanol–water partition coefficient (Wildman–Crippen LogP) is 3.20. The van der Waals surface area contributed by atoms with Crippen molar-refractivity contribution in [3.63, 3.8) is 0 Å². The van der Waals surface area contributed by atoms with E-state index in [0.717, 1.165) is 6.42 Å². The average Bonchev–Trinajstić information content (AvgIpc) is 2.75. The molecule has 0 saturated carbocycles. The molecular weight excluding hydrogens is 282 g/mol. The molecule has 0 saturated heterocycles. The van der Waals surface area contributed by atoms with Crippen LogP contribution in [0.2, 0.25) is 5.15 Å². The first-order valence-electron chi connectivity index (χ1n) is 6.06. The topological polar surface area (TPSA) is 78.0 Å². The molecule has 0 unspecified atom stereocenters. The maximum Gasteiger partial charge on any atom is 0.294 e. The van der Waals surface area contributed by atoms with Gasteiger partial charge in [0.05, 0.1) is 16.2 Å². The SMILES string of the molecule is CCCc1nn(-c2ccccc2[N+](=O)[O-])c(Cl)c1C=O. The number of benzene rings is 1. The van der Waals surface area contributed by atoms with E-state index in [4.69, 9.17) is 11.6 Å². The number of aromatic nitrogens is 2. The minimum Gasteiger partial charge on any atom is -0.298 e. The van der Waals surface area contributed by atoms with Gasteiger partial charge in [0.25, 0.3) is 5.69 Å². The molecule has 0 bridgehead atoms. The summed E-state index contributed by atoms with van der Waals surface area (Å²) in [5, 5.41) is 15.4. The maximum absolute atomic E-state index is 11.1. The molecule has 104 valence electrons. The van der Waals surface area contributed by atoms with E-state index in [0.29, 0.717) is 18.4 Å². The molecule has 0 radical (unpaired) electrons. The highest BCUT2D eigenvalue weighted by Gasteiger charge is 2.21. The highest BCUT2D eigenvalue weighted by Crippen LogP contribution is 2.28. The summed E-state index contributed by atoms with van der Waals surface area (Å²) in [4.78, 5) is 21.7. The Bertz CT molecular complexity index is 667. The molecule has 1 heterocycles. The van der Waals surface area contributed by atoms with Gasteiger partial charge in [-0.25, -0.2) is 4.68 Å². The van der Waals surface area contributed by atoms with Gasteiger partial charge < -0.3 is 0 Å². The smallest absolute Gasteiger partial charge is 0.294 e. The van der Waals surface area contributed by atoms with Gasteiger partial charge in [-0.3, -0.25) is 14.9 Å². The Labute approximate surface area is 120 Å². The molecule has 0 spiro atoms. The third-order valence-corrected chi connectivity index (χ3v) is 3.21. The molecule has 7 heteroatoms. The summed E-state index contributed by atoms with van der Waals surface area (Å²) in [5.74, 6) is 0. The minimum absolute atomic E-state index is 0.0951. The summed E-state index contributed by atoms with van der Waals surface area (Å²) in [5.41, 5.74) is 0.961. The van der Waals surface area contributed by atoms with E-state index in [2.05, 4.69) is 5.10 Å². The number of rotatable bonds is 5. The summed E-state index contributed by atoms with van der Waals surface area (Å²) in [6.45, 7) is 1.95. The summed E-state index contributed by atoms with van der Waals surface area (Å²) in [7, 11) is 0. The lowest BCUT2D eigenvalue weighted by Crippen LogP contribution is -2.02. The number of nitro benzene ring substituents is 1. The number of nitrogens with zero attached hydrogens (tertiary/aromatic N) is 3. The lowest BCUT2D eigenvalue weighted by atomic mass is 10.2. The van der Waals surface area contributed by atoms with Crippen LogP contribution in [0.15, 0.2) is 24.3 Å². The van der Waals surface area contributed by atoms with Gasteiger partial charge in [0.2, 0.25) is 0 Å². The van der Waals surface area contributed by atoms with Crippen molar-refractivity contribution in [2.75, 3.05) is 0 Å². The quantitative estimate of drug-likeness (QED) is 0.482. The zero-order valence-electron chi connectivity index (χ0n) is 10.7. The highest BCUT2D eigenvalue weighted by molar-refractivity contribution is 6.32. The molecule has 0 amide bonds. The Balaban J connectivity index is 2.64. The normalized spacial score (nSPS) is 10.5. The average molecular weight is 294 g/mol. The van der Waals surface area contributed by atoms with Crippen molar-refractivity contribution in [1.82, 2.24) is 9.78 Å². The third kappa shape index (κ3) is 2.42. The Morgan fingerprint density at radius 1 is 1.45 bits per heavy atom. The van der Waals surface area contributed by atoms with Gasteiger partial charge in [0.15, 0.2) is 6.29 Å². The number of halogens is 1. The van der Waals surface area contributed by atoms with Crippen LogP contribution in [0.4, 0.5) is 5.69 Å². The fourth-order valence-corrected chi connectivity index (χ4v) is 2.23. The van der Waals surface area contributed by atoms with Crippen LogP contribution in [-0.2, 0) is 6.42 Å². The summed E-state index contributed by atoms with van der Waals surface area (Å²) in [6, 6.07) is 6.13. The second kappa shape index (κ2) is 5.83. The Morgan fingerprint density at radius 3 is 2.75 bits per heavy atom. The van der Waals surface area contributed by atoms with Crippen molar-refractivity contribution in [2.45, 2.75) is 19.8 Å². The highest BCUT2D eigenvalue weighted by atomic mass is 35.5. The number of hydrogen-bond donors (Lipinski definition) is 0. The minimum atomic E-state index is -0.507. The zero-order valence-corrected chi connectivity index (χ0v) is 11.5. The second-order valence-electron chi connectivity index (χ2n) is 4.18. The molecule has 0 atom stereocenters. The Hall–Kier alpha value is -2.21. The lowest BCUT2D eigenvalue weighted by molar-refractivity contribution is -0.384. The van der Waals surface area contributed by atoms with Gasteiger partial charge in [-0.2, -0.15) is 5.10 Å². The monoisotopic (exact) mass is 293 g/mol. The number of aryl methyl sites for hydroxylation is 1. The molecule has 1 aromatic carbocycles. The number of hydrogen-bond acceptors (Lipinski definition) is 4. The summed E-state index contributed by atoms with van der Waals surface area (Å²) < 4.78 is 1.24. The Morgan fingerprint density at radius 2 is 2.15 bits per heavy atom. The van der Waals surface area contributed by atoms with Crippen molar-refractivity contribution < 1.29 is 9.72 Å². The van der Waals surface area contributed by atoms with Gasteiger partial charge in [-0.1, -0.05) is 37.1 Å². The molecule has 0 aliphatic rings. The number of carbonyl (C=O) groups is 1. The standard InChI is InChI=1S/C13H12ClN3O3/c1-2-5-10-9(8-18)13(14)16(15-10)11-6-3-4-7-12(11)17(19)20/h3-4,6-8H,2,5H2,1H3. The van der Waals surface area contributed by atoms with Crippen molar-refractivity contribution >= 4 is 23.6 Å². The molecule has 0 aliphatic carbocycles. The van der Waals surface area contributed by atoms with Crippen LogP contribution in [0, 0.1) is 10.1 Å². The lowest BCUT2D eigenvalue weighted by Gasteiger charge is -2.03. The third-order valence-electron chi connectivity index (χ3n) is 2.85. The van der Waals surface area contributed by atoms with Crippen LogP contribution >= 0.6 is 11.6 Å². The van der Waals surface area contributed by atoms with Gasteiger partial charge in [0.1, 0.15) is 10.8 Å². The van der Waals surface area contributed by atoms with Gasteiger partial charge in [0, 0.05) is 6.07 Å². The van der Waals surface area contributed by atoms with Gasteiger partial charge in [-0.05, 0) is 12.5 Å². The van der Waals surface area contributed by atoms with Crippen LogP contribution in [0.1, 0.15) is 29.4 Å². The maximum atomic E-state index is 11.1. The van der Waals surface area contributed by atoms with Gasteiger partial charge in [-0.15, -0.1) is 0 Å². The van der Waals surface area contributed by atoms with E-state index in [9.17, 15) is 14.9 Å². The van der Waals surface area contributed by atoms with E-state index >= 15 is 0 Å². The van der Waals surface area contributed by atoms with Crippen LogP contribution < -0.4 is 0 Å². The van der Waals surface area contributed by atoms with Crippen LogP contribution in [-0.4, -0.2) is 21.0 Å². The summed E-state index contributed by atoms with van der Waals surface area (Å²) >= 11 is 6.12. The Kier molecular flexibility index (Phi) is 4.14. The first kappa shape index (κ1) is 14.2. The van der Waals surface area contributed by atoms with Gasteiger partial charge >= 0.3 is 0 Å². The number of nitro groups is 1. The second-order valence-corrected chi connectivity index (χ2v) is 4.53. The number of carbonyl (C=O) groups excluding carboxylic acids is 1. The predicted molar refractivity (Wildman–Crippen MR) is 74.6 cm³/mol. The van der Waals surface area contributed by atoms with Crippen LogP contribution in [0.25, 0.3) is 5.69 Å². The van der Waals surface area contributed by atoms with Crippen molar-refractivity contribution in [1.29, 1.82) is 0 Å². The largest absolute Gasteiger partial charge is 0.298 e. The fourth-order valence-electron chi connectivity index (χ4n) is 1.95. The summed E-state index contributed by atoms with van der Waals surface area (Å²) in [6.07, 6.45) is 2.01. The zero-order chi connectivity index (χ0) is 14.7. The van der Waals surface area contributed by atoms with Crippen molar-refractivity contribution in [3.8, 4) is 5.69 Å². The molecule has 0 N–H and O–H groups in total. The van der Waals surface area contributed by atoms with E-state index in [1.54, 1.807) is 18.2 Å². The molecule has 2 rings (SSSR count). The van der Waals surface area contributed by atoms with E-state index in [1.807, 2.05) is 6.92 Å². The van der Waals surface area contributed by atoms with Crippen molar-refractivity contribution in [3.05, 3.63) is 50.8 Å². The molecule has 0 aliphatic heterocycles. The first-order valence-corrected chi connectivity index (χ1v) is 6.44. The van der Waals surface area contributed by atoms with Crippen molar-refractivity contribution in [2.24, 2.45) is 0 Å². The number of para-hydroxylation sites is 2. The van der Waals surface area contributed by atoms with E-state index < -0.39 is 4.92 Å². The molecule has 20 heavy (non-hydrogen) atoms. The molecule has 1 aromatic heterocycles. The molecular formula is C13H12ClN3O3. The molecule has 6 nitrogen and oxygen atoms in total. The molecule has 0 fully saturated rings. The van der Waals surface area contributed by atoms with Crippen LogP contribution in [0.5, 0.6) is 0 Å².